The highest BCUT2D eigenvalue weighted by molar-refractivity contribution is 5.75. The standard InChI is InChI=1S/C13H17N3O4/c17-12(18)3-7-15-13(19)16-8-4-11(9-16)20-10-1-5-14-6-2-10/h1-2,5-6,11H,3-4,7-9H2,(H,15,19)(H,17,18). The van der Waals surface area contributed by atoms with Crippen LogP contribution >= 0.6 is 0 Å². The Kier molecular flexibility index (Phi) is 4.75. The molecular formula is C13H17N3O4. The monoisotopic (exact) mass is 279 g/mol. The van der Waals surface area contributed by atoms with E-state index in [1.807, 2.05) is 0 Å². The van der Waals surface area contributed by atoms with Crippen molar-refractivity contribution in [2.45, 2.75) is 18.9 Å². The van der Waals surface area contributed by atoms with Crippen molar-refractivity contribution >= 4 is 12.0 Å². The molecule has 0 bridgehead atoms. The number of pyridine rings is 1. The number of aliphatic carboxylic acids is 1. The van der Waals surface area contributed by atoms with Gasteiger partial charge in [0.05, 0.1) is 13.0 Å². The lowest BCUT2D eigenvalue weighted by molar-refractivity contribution is -0.136. The molecule has 1 aliphatic rings. The van der Waals surface area contributed by atoms with Crippen LogP contribution in [0.5, 0.6) is 5.75 Å². The zero-order chi connectivity index (χ0) is 14.4. The van der Waals surface area contributed by atoms with Crippen LogP contribution in [0.3, 0.4) is 0 Å². The molecule has 1 unspecified atom stereocenters. The van der Waals surface area contributed by atoms with Gasteiger partial charge in [0.2, 0.25) is 0 Å². The van der Waals surface area contributed by atoms with Crippen LogP contribution in [0.4, 0.5) is 4.79 Å². The number of hydrogen-bond acceptors (Lipinski definition) is 4. The number of rotatable bonds is 5. The van der Waals surface area contributed by atoms with E-state index in [2.05, 4.69) is 10.3 Å². The van der Waals surface area contributed by atoms with Gasteiger partial charge in [-0.3, -0.25) is 9.78 Å². The smallest absolute Gasteiger partial charge is 0.317 e. The number of likely N-dealkylation sites (tertiary alicyclic amines) is 1. The third kappa shape index (κ3) is 4.11. The Morgan fingerprint density at radius 1 is 1.45 bits per heavy atom. The minimum Gasteiger partial charge on any atom is -0.488 e. The maximum Gasteiger partial charge on any atom is 0.317 e. The summed E-state index contributed by atoms with van der Waals surface area (Å²) < 4.78 is 5.74. The van der Waals surface area contributed by atoms with Gasteiger partial charge in [-0.05, 0) is 12.1 Å². The van der Waals surface area contributed by atoms with E-state index in [0.717, 1.165) is 12.2 Å². The Labute approximate surface area is 116 Å². The van der Waals surface area contributed by atoms with Crippen LogP contribution in [-0.2, 0) is 4.79 Å². The number of carboxylic acid groups (broad SMARTS) is 1. The summed E-state index contributed by atoms with van der Waals surface area (Å²) in [6.07, 6.45) is 3.95. The number of ether oxygens (including phenoxy) is 1. The molecule has 2 heterocycles. The molecule has 0 spiro atoms. The predicted molar refractivity (Wildman–Crippen MR) is 70.5 cm³/mol. The highest BCUT2D eigenvalue weighted by atomic mass is 16.5. The molecule has 1 aliphatic heterocycles. The molecule has 20 heavy (non-hydrogen) atoms. The van der Waals surface area contributed by atoms with Gasteiger partial charge in [-0.15, -0.1) is 0 Å². The largest absolute Gasteiger partial charge is 0.488 e. The van der Waals surface area contributed by atoms with Gasteiger partial charge >= 0.3 is 12.0 Å². The highest BCUT2D eigenvalue weighted by Crippen LogP contribution is 2.17. The van der Waals surface area contributed by atoms with Gasteiger partial charge < -0.3 is 20.1 Å². The molecule has 0 aliphatic carbocycles. The van der Waals surface area contributed by atoms with Crippen LogP contribution in [0, 0.1) is 0 Å². The summed E-state index contributed by atoms with van der Waals surface area (Å²) in [5.74, 6) is -0.191. The summed E-state index contributed by atoms with van der Waals surface area (Å²) in [5, 5.41) is 11.1. The summed E-state index contributed by atoms with van der Waals surface area (Å²) in [6.45, 7) is 1.25. The average Bonchev–Trinajstić information content (AvgIpc) is 2.88. The fraction of sp³-hybridized carbons (Fsp3) is 0.462. The first-order valence-electron chi connectivity index (χ1n) is 6.46. The molecule has 0 saturated carbocycles. The van der Waals surface area contributed by atoms with E-state index in [0.29, 0.717) is 13.1 Å². The minimum absolute atomic E-state index is 0.0392. The fourth-order valence-electron chi connectivity index (χ4n) is 2.01. The van der Waals surface area contributed by atoms with E-state index in [4.69, 9.17) is 9.84 Å². The number of nitrogens with zero attached hydrogens (tertiary/aromatic N) is 2. The quantitative estimate of drug-likeness (QED) is 0.828. The Balaban J connectivity index is 1.74. The first-order valence-corrected chi connectivity index (χ1v) is 6.46. The first-order chi connectivity index (χ1) is 9.65. The van der Waals surface area contributed by atoms with E-state index in [-0.39, 0.29) is 25.1 Å². The van der Waals surface area contributed by atoms with Crippen molar-refractivity contribution < 1.29 is 19.4 Å². The number of carbonyl (C=O) groups is 2. The van der Waals surface area contributed by atoms with Crippen LogP contribution in [0.25, 0.3) is 0 Å². The van der Waals surface area contributed by atoms with Gasteiger partial charge in [-0.2, -0.15) is 0 Å². The molecule has 0 aromatic carbocycles. The van der Waals surface area contributed by atoms with Crippen molar-refractivity contribution in [2.75, 3.05) is 19.6 Å². The van der Waals surface area contributed by atoms with Crippen LogP contribution in [-0.4, -0.2) is 52.7 Å². The molecule has 2 amide bonds. The topological polar surface area (TPSA) is 91.8 Å². The van der Waals surface area contributed by atoms with Crippen molar-refractivity contribution in [2.24, 2.45) is 0 Å². The molecule has 7 heteroatoms. The van der Waals surface area contributed by atoms with Gasteiger partial charge in [0.15, 0.2) is 0 Å². The maximum absolute atomic E-state index is 11.8. The highest BCUT2D eigenvalue weighted by Gasteiger charge is 2.27. The van der Waals surface area contributed by atoms with Crippen LogP contribution < -0.4 is 10.1 Å². The third-order valence-corrected chi connectivity index (χ3v) is 3.00. The van der Waals surface area contributed by atoms with Crippen LogP contribution in [0.15, 0.2) is 24.5 Å². The van der Waals surface area contributed by atoms with Crippen LogP contribution in [0.1, 0.15) is 12.8 Å². The number of amides is 2. The SMILES string of the molecule is O=C(O)CCNC(=O)N1CCC(Oc2ccncc2)C1. The van der Waals surface area contributed by atoms with Gasteiger partial charge in [0.25, 0.3) is 0 Å². The Hall–Kier alpha value is -2.31. The summed E-state index contributed by atoms with van der Waals surface area (Å²) in [5.41, 5.74) is 0. The average molecular weight is 279 g/mol. The number of aromatic nitrogens is 1. The second-order valence-corrected chi connectivity index (χ2v) is 4.53. The lowest BCUT2D eigenvalue weighted by Crippen LogP contribution is -2.40. The number of nitrogens with one attached hydrogen (secondary N) is 1. The normalized spacial score (nSPS) is 17.8. The second kappa shape index (κ2) is 6.74. The second-order valence-electron chi connectivity index (χ2n) is 4.53. The number of hydrogen-bond donors (Lipinski definition) is 2. The molecule has 2 N–H and O–H groups in total. The molecule has 1 aromatic heterocycles. The number of carbonyl (C=O) groups excluding carboxylic acids is 1. The van der Waals surface area contributed by atoms with Gasteiger partial charge in [-0.25, -0.2) is 4.79 Å². The maximum atomic E-state index is 11.8. The minimum atomic E-state index is -0.925. The zero-order valence-corrected chi connectivity index (χ0v) is 11.0. The van der Waals surface area contributed by atoms with E-state index < -0.39 is 5.97 Å². The lowest BCUT2D eigenvalue weighted by Gasteiger charge is -2.17. The summed E-state index contributed by atoms with van der Waals surface area (Å²) in [7, 11) is 0. The van der Waals surface area contributed by atoms with E-state index >= 15 is 0 Å². The van der Waals surface area contributed by atoms with Crippen molar-refractivity contribution in [1.82, 2.24) is 15.2 Å². The molecular weight excluding hydrogens is 262 g/mol. The predicted octanol–water partition coefficient (Wildman–Crippen LogP) is 0.719. The summed E-state index contributed by atoms with van der Waals surface area (Å²) in [4.78, 5) is 27.7. The Bertz CT molecular complexity index is 466. The molecule has 2 rings (SSSR count). The number of urea groups is 1. The Morgan fingerprint density at radius 3 is 2.90 bits per heavy atom. The molecule has 1 saturated heterocycles. The van der Waals surface area contributed by atoms with Gasteiger partial charge in [0, 0.05) is 31.9 Å². The third-order valence-electron chi connectivity index (χ3n) is 3.00. The van der Waals surface area contributed by atoms with Gasteiger partial charge in [-0.1, -0.05) is 0 Å². The number of carboxylic acids is 1. The van der Waals surface area contributed by atoms with Crippen molar-refractivity contribution in [3.63, 3.8) is 0 Å². The van der Waals surface area contributed by atoms with E-state index in [1.54, 1.807) is 29.4 Å². The fourth-order valence-corrected chi connectivity index (χ4v) is 2.01. The molecule has 7 nitrogen and oxygen atoms in total. The molecule has 0 radical (unpaired) electrons. The summed E-state index contributed by atoms with van der Waals surface area (Å²) >= 11 is 0. The van der Waals surface area contributed by atoms with Gasteiger partial charge in [0.1, 0.15) is 11.9 Å². The molecule has 1 aromatic rings. The molecule has 1 atom stereocenters. The van der Waals surface area contributed by atoms with E-state index in [9.17, 15) is 9.59 Å². The van der Waals surface area contributed by atoms with Crippen molar-refractivity contribution in [1.29, 1.82) is 0 Å². The van der Waals surface area contributed by atoms with E-state index in [1.165, 1.54) is 0 Å². The first kappa shape index (κ1) is 14.1. The van der Waals surface area contributed by atoms with Crippen molar-refractivity contribution in [3.05, 3.63) is 24.5 Å². The van der Waals surface area contributed by atoms with Crippen LogP contribution in [0.2, 0.25) is 0 Å². The molecule has 1 fully saturated rings. The lowest BCUT2D eigenvalue weighted by atomic mass is 10.3. The Morgan fingerprint density at radius 2 is 2.20 bits per heavy atom. The summed E-state index contributed by atoms with van der Waals surface area (Å²) in [6, 6.07) is 3.30. The zero-order valence-electron chi connectivity index (χ0n) is 11.0. The van der Waals surface area contributed by atoms with Crippen molar-refractivity contribution in [3.8, 4) is 5.75 Å². The molecule has 108 valence electrons.